The lowest BCUT2D eigenvalue weighted by Crippen LogP contribution is -2.27. The molecule has 0 aliphatic carbocycles. The minimum Gasteiger partial charge on any atom is -0.383 e. The molecule has 1 atom stereocenters. The SMILES string of the molecule is C=CC(=O)N1CCC(n2nc(-c3ccc(C(=O)c4ccccc4F)cc3F)c3c(N)ncnc32)C1. The Morgan fingerprint density at radius 3 is 2.66 bits per heavy atom. The van der Waals surface area contributed by atoms with Gasteiger partial charge in [0, 0.05) is 24.2 Å². The maximum Gasteiger partial charge on any atom is 0.246 e. The maximum absolute atomic E-state index is 15.3. The average Bonchev–Trinajstić information content (AvgIpc) is 3.49. The van der Waals surface area contributed by atoms with E-state index in [1.165, 1.54) is 48.8 Å². The number of rotatable bonds is 5. The number of carbonyl (C=O) groups excluding carboxylic acids is 2. The predicted octanol–water partition coefficient (Wildman–Crippen LogP) is 3.54. The highest BCUT2D eigenvalue weighted by Gasteiger charge is 2.30. The van der Waals surface area contributed by atoms with E-state index in [2.05, 4.69) is 21.6 Å². The van der Waals surface area contributed by atoms with Crippen molar-refractivity contribution in [3.05, 3.63) is 84.2 Å². The summed E-state index contributed by atoms with van der Waals surface area (Å²) >= 11 is 0. The largest absolute Gasteiger partial charge is 0.383 e. The first-order valence-corrected chi connectivity index (χ1v) is 10.9. The van der Waals surface area contributed by atoms with Crippen molar-refractivity contribution in [1.82, 2.24) is 24.6 Å². The smallest absolute Gasteiger partial charge is 0.246 e. The van der Waals surface area contributed by atoms with Crippen molar-refractivity contribution in [1.29, 1.82) is 0 Å². The number of carbonyl (C=O) groups is 2. The van der Waals surface area contributed by atoms with Crippen LogP contribution in [-0.2, 0) is 4.79 Å². The van der Waals surface area contributed by atoms with Gasteiger partial charge >= 0.3 is 0 Å². The summed E-state index contributed by atoms with van der Waals surface area (Å²) in [5, 5.41) is 4.98. The lowest BCUT2D eigenvalue weighted by Gasteiger charge is -2.14. The average molecular weight is 474 g/mol. The summed E-state index contributed by atoms with van der Waals surface area (Å²) in [6.45, 7) is 4.44. The zero-order valence-corrected chi connectivity index (χ0v) is 18.5. The van der Waals surface area contributed by atoms with Crippen LogP contribution < -0.4 is 5.73 Å². The first-order chi connectivity index (χ1) is 16.9. The number of nitrogens with two attached hydrogens (primary N) is 1. The molecule has 2 aromatic heterocycles. The summed E-state index contributed by atoms with van der Waals surface area (Å²) in [6.07, 6.45) is 3.18. The summed E-state index contributed by atoms with van der Waals surface area (Å²) < 4.78 is 31.0. The summed E-state index contributed by atoms with van der Waals surface area (Å²) in [7, 11) is 0. The van der Waals surface area contributed by atoms with Gasteiger partial charge in [-0.2, -0.15) is 5.10 Å². The van der Waals surface area contributed by atoms with Gasteiger partial charge in [0.15, 0.2) is 11.4 Å². The molecular weight excluding hydrogens is 454 g/mol. The number of nitrogen functional groups attached to an aromatic ring is 1. The van der Waals surface area contributed by atoms with Crippen LogP contribution in [0, 0.1) is 11.6 Å². The van der Waals surface area contributed by atoms with Crippen LogP contribution in [0.5, 0.6) is 0 Å². The number of benzene rings is 2. The first-order valence-electron chi connectivity index (χ1n) is 10.9. The number of aromatic nitrogens is 4. The molecule has 0 radical (unpaired) electrons. The normalized spacial score (nSPS) is 15.5. The number of hydrogen-bond donors (Lipinski definition) is 1. The molecule has 1 aliphatic rings. The fraction of sp³-hybridized carbons (Fsp3) is 0.160. The van der Waals surface area contributed by atoms with E-state index in [1.54, 1.807) is 9.58 Å². The van der Waals surface area contributed by atoms with Crippen LogP contribution in [0.1, 0.15) is 28.4 Å². The van der Waals surface area contributed by atoms with Crippen LogP contribution >= 0.6 is 0 Å². The quantitative estimate of drug-likeness (QED) is 0.350. The third-order valence-electron chi connectivity index (χ3n) is 6.12. The molecule has 1 unspecified atom stereocenters. The Labute approximate surface area is 198 Å². The van der Waals surface area contributed by atoms with Crippen LogP contribution in [0.25, 0.3) is 22.3 Å². The molecular formula is C25H20F2N6O2. The van der Waals surface area contributed by atoms with E-state index in [4.69, 9.17) is 5.73 Å². The molecule has 3 heterocycles. The topological polar surface area (TPSA) is 107 Å². The third-order valence-corrected chi connectivity index (χ3v) is 6.12. The second-order valence-corrected chi connectivity index (χ2v) is 8.19. The molecule has 0 saturated carbocycles. The molecule has 10 heteroatoms. The molecule has 0 spiro atoms. The fourth-order valence-corrected chi connectivity index (χ4v) is 4.36. The van der Waals surface area contributed by atoms with Crippen molar-refractivity contribution in [3.8, 4) is 11.3 Å². The Kier molecular flexibility index (Phi) is 5.56. The summed E-state index contributed by atoms with van der Waals surface area (Å²) in [6, 6.07) is 9.20. The summed E-state index contributed by atoms with van der Waals surface area (Å²) in [5.74, 6) is -2.10. The van der Waals surface area contributed by atoms with Crippen molar-refractivity contribution >= 4 is 28.5 Å². The second kappa shape index (κ2) is 8.71. The Morgan fingerprint density at radius 2 is 1.91 bits per heavy atom. The lowest BCUT2D eigenvalue weighted by atomic mass is 10.00. The molecule has 2 aromatic carbocycles. The van der Waals surface area contributed by atoms with Gasteiger partial charge in [-0.1, -0.05) is 24.8 Å². The summed E-state index contributed by atoms with van der Waals surface area (Å²) in [4.78, 5) is 34.7. The van der Waals surface area contributed by atoms with E-state index < -0.39 is 17.4 Å². The van der Waals surface area contributed by atoms with Crippen molar-refractivity contribution in [2.24, 2.45) is 0 Å². The fourth-order valence-electron chi connectivity index (χ4n) is 4.36. The zero-order chi connectivity index (χ0) is 24.7. The van der Waals surface area contributed by atoms with Crippen LogP contribution in [0.3, 0.4) is 0 Å². The lowest BCUT2D eigenvalue weighted by molar-refractivity contribution is -0.125. The Hall–Kier alpha value is -4.47. The van der Waals surface area contributed by atoms with Gasteiger partial charge in [-0.05, 0) is 36.8 Å². The van der Waals surface area contributed by atoms with Crippen molar-refractivity contribution < 1.29 is 18.4 Å². The van der Waals surface area contributed by atoms with Gasteiger partial charge in [-0.25, -0.2) is 23.4 Å². The third kappa shape index (κ3) is 3.82. The molecule has 1 saturated heterocycles. The van der Waals surface area contributed by atoms with Gasteiger partial charge in [0.2, 0.25) is 5.91 Å². The Balaban J connectivity index is 1.56. The minimum absolute atomic E-state index is 0.00122. The molecule has 4 aromatic rings. The maximum atomic E-state index is 15.3. The molecule has 35 heavy (non-hydrogen) atoms. The van der Waals surface area contributed by atoms with Crippen molar-refractivity contribution in [3.63, 3.8) is 0 Å². The van der Waals surface area contributed by atoms with E-state index >= 15 is 4.39 Å². The molecule has 8 nitrogen and oxygen atoms in total. The monoisotopic (exact) mass is 474 g/mol. The number of halogens is 2. The molecule has 5 rings (SSSR count). The predicted molar refractivity (Wildman–Crippen MR) is 125 cm³/mol. The highest BCUT2D eigenvalue weighted by atomic mass is 19.1. The van der Waals surface area contributed by atoms with Gasteiger partial charge in [-0.15, -0.1) is 0 Å². The van der Waals surface area contributed by atoms with Crippen LogP contribution in [0.4, 0.5) is 14.6 Å². The van der Waals surface area contributed by atoms with Gasteiger partial charge in [0.25, 0.3) is 0 Å². The van der Waals surface area contributed by atoms with E-state index in [0.717, 1.165) is 6.07 Å². The van der Waals surface area contributed by atoms with Crippen molar-refractivity contribution in [2.75, 3.05) is 18.8 Å². The highest BCUT2D eigenvalue weighted by Crippen LogP contribution is 2.35. The summed E-state index contributed by atoms with van der Waals surface area (Å²) in [5.41, 5.74) is 6.70. The number of ketones is 1. The number of anilines is 1. The number of hydrogen-bond acceptors (Lipinski definition) is 6. The minimum atomic E-state index is -0.725. The zero-order valence-electron chi connectivity index (χ0n) is 18.5. The van der Waals surface area contributed by atoms with Crippen LogP contribution in [-0.4, -0.2) is 49.4 Å². The number of nitrogens with zero attached hydrogens (tertiary/aromatic N) is 5. The standard InChI is InChI=1S/C25H20F2N6O2/c1-2-20(34)32-10-9-15(12-32)33-25-21(24(28)29-13-30-25)22(31-33)16-8-7-14(11-19(16)27)23(35)17-5-3-4-6-18(17)26/h2-8,11,13,15H,1,9-10,12H2,(H2,28,29,30). The highest BCUT2D eigenvalue weighted by molar-refractivity contribution is 6.09. The van der Waals surface area contributed by atoms with E-state index in [-0.39, 0.29) is 40.2 Å². The van der Waals surface area contributed by atoms with Gasteiger partial charge in [0.1, 0.15) is 29.5 Å². The van der Waals surface area contributed by atoms with E-state index in [9.17, 15) is 14.0 Å². The molecule has 1 fully saturated rings. The molecule has 2 N–H and O–H groups in total. The molecule has 0 bridgehead atoms. The van der Waals surface area contributed by atoms with Gasteiger partial charge in [-0.3, -0.25) is 9.59 Å². The molecule has 1 aliphatic heterocycles. The van der Waals surface area contributed by atoms with E-state index in [1.807, 2.05) is 0 Å². The van der Waals surface area contributed by atoms with Gasteiger partial charge < -0.3 is 10.6 Å². The Bertz CT molecular complexity index is 1500. The van der Waals surface area contributed by atoms with Crippen molar-refractivity contribution in [2.45, 2.75) is 12.5 Å². The van der Waals surface area contributed by atoms with Crippen LogP contribution in [0.2, 0.25) is 0 Å². The molecule has 176 valence electrons. The second-order valence-electron chi connectivity index (χ2n) is 8.19. The van der Waals surface area contributed by atoms with E-state index in [0.29, 0.717) is 30.5 Å². The Morgan fingerprint density at radius 1 is 1.11 bits per heavy atom. The van der Waals surface area contributed by atoms with Gasteiger partial charge in [0.05, 0.1) is 17.0 Å². The first kappa shape index (κ1) is 22.3. The van der Waals surface area contributed by atoms with Crippen LogP contribution in [0.15, 0.2) is 61.4 Å². The molecule has 1 amide bonds. The number of amides is 1. The number of fused-ring (bicyclic) bond motifs is 1. The number of likely N-dealkylation sites (tertiary alicyclic amines) is 1.